The van der Waals surface area contributed by atoms with E-state index < -0.39 is 0 Å². The summed E-state index contributed by atoms with van der Waals surface area (Å²) in [7, 11) is 0. The summed E-state index contributed by atoms with van der Waals surface area (Å²) < 4.78 is 13.6. The number of fused-ring (bicyclic) bond motifs is 2. The summed E-state index contributed by atoms with van der Waals surface area (Å²) in [6, 6.07) is 13.7. The van der Waals surface area contributed by atoms with E-state index in [1.54, 1.807) is 0 Å². The Kier molecular flexibility index (Phi) is 3.90. The minimum absolute atomic E-state index is 0.0369. The predicted molar refractivity (Wildman–Crippen MR) is 94.0 cm³/mol. The average Bonchev–Trinajstić information content (AvgIpc) is 3.19. The molecule has 1 N–H and O–H groups in total. The third-order valence-corrected chi connectivity index (χ3v) is 4.47. The molecule has 24 heavy (non-hydrogen) atoms. The number of carbonyl (C=O) groups is 1. The summed E-state index contributed by atoms with van der Waals surface area (Å²) in [6.07, 6.45) is 1.93. The molecule has 0 saturated carbocycles. The number of benzene rings is 2. The number of ether oxygens (including phenoxy) is 2. The van der Waals surface area contributed by atoms with Gasteiger partial charge in [-0.25, -0.2) is 0 Å². The Bertz CT molecular complexity index is 920. The van der Waals surface area contributed by atoms with Gasteiger partial charge in [0.15, 0.2) is 11.5 Å². The van der Waals surface area contributed by atoms with Crippen LogP contribution in [0.15, 0.2) is 53.1 Å². The minimum Gasteiger partial charge on any atom is -0.454 e. The van der Waals surface area contributed by atoms with E-state index in [4.69, 9.17) is 9.47 Å². The molecule has 0 bridgehead atoms. The molecule has 2 aromatic carbocycles. The highest BCUT2D eigenvalue weighted by Crippen LogP contribution is 2.32. The normalized spacial score (nSPS) is 12.5. The van der Waals surface area contributed by atoms with E-state index >= 15 is 0 Å². The molecule has 5 nitrogen and oxygen atoms in total. The van der Waals surface area contributed by atoms with Gasteiger partial charge in [0.1, 0.15) is 6.54 Å². The molecule has 4 rings (SSSR count). The zero-order chi connectivity index (χ0) is 16.5. The average molecular weight is 387 g/mol. The number of rotatable bonds is 4. The maximum atomic E-state index is 12.2. The smallest absolute Gasteiger partial charge is 0.240 e. The van der Waals surface area contributed by atoms with Gasteiger partial charge in [0.05, 0.1) is 0 Å². The van der Waals surface area contributed by atoms with Crippen LogP contribution < -0.4 is 14.8 Å². The van der Waals surface area contributed by atoms with E-state index in [1.807, 2.05) is 53.2 Å². The summed E-state index contributed by atoms with van der Waals surface area (Å²) in [6.45, 7) is 0.990. The predicted octanol–water partition coefficient (Wildman–Crippen LogP) is 3.45. The van der Waals surface area contributed by atoms with Crippen molar-refractivity contribution >= 4 is 32.7 Å². The van der Waals surface area contributed by atoms with Crippen molar-refractivity contribution in [2.75, 3.05) is 6.79 Å². The van der Waals surface area contributed by atoms with Crippen molar-refractivity contribution in [3.63, 3.8) is 0 Å². The lowest BCUT2D eigenvalue weighted by molar-refractivity contribution is -0.121. The molecular weight excluding hydrogens is 372 g/mol. The quantitative estimate of drug-likeness (QED) is 0.746. The lowest BCUT2D eigenvalue weighted by Crippen LogP contribution is -2.26. The van der Waals surface area contributed by atoms with Gasteiger partial charge >= 0.3 is 0 Å². The number of carbonyl (C=O) groups excluding carboxylic acids is 1. The molecule has 1 aliphatic heterocycles. The van der Waals surface area contributed by atoms with E-state index in [0.29, 0.717) is 6.54 Å². The van der Waals surface area contributed by atoms with Crippen LogP contribution in [0, 0.1) is 0 Å². The van der Waals surface area contributed by atoms with Crippen LogP contribution in [-0.2, 0) is 17.9 Å². The lowest BCUT2D eigenvalue weighted by Gasteiger charge is -2.08. The van der Waals surface area contributed by atoms with Crippen molar-refractivity contribution in [2.45, 2.75) is 13.1 Å². The number of halogens is 1. The Hall–Kier alpha value is -2.47. The molecule has 6 heteroatoms. The fourth-order valence-corrected chi connectivity index (χ4v) is 3.11. The molecular formula is C18H15BrN2O3. The van der Waals surface area contributed by atoms with E-state index in [0.717, 1.165) is 32.4 Å². The minimum atomic E-state index is -0.0369. The first-order valence-corrected chi connectivity index (χ1v) is 8.38. The summed E-state index contributed by atoms with van der Waals surface area (Å²) in [4.78, 5) is 12.2. The van der Waals surface area contributed by atoms with Gasteiger partial charge in [0, 0.05) is 22.7 Å². The first kappa shape index (κ1) is 15.1. The molecule has 0 radical (unpaired) electrons. The van der Waals surface area contributed by atoms with E-state index in [9.17, 15) is 4.79 Å². The summed E-state index contributed by atoms with van der Waals surface area (Å²) >= 11 is 3.47. The Morgan fingerprint density at radius 3 is 2.92 bits per heavy atom. The van der Waals surface area contributed by atoms with Gasteiger partial charge in [0.2, 0.25) is 12.7 Å². The van der Waals surface area contributed by atoms with Gasteiger partial charge in [-0.1, -0.05) is 28.1 Å². The molecule has 1 aromatic heterocycles. The van der Waals surface area contributed by atoms with Crippen LogP contribution in [0.1, 0.15) is 5.56 Å². The second-order valence-electron chi connectivity index (χ2n) is 5.61. The molecule has 1 amide bonds. The molecule has 1 aliphatic rings. The van der Waals surface area contributed by atoms with Crippen molar-refractivity contribution < 1.29 is 14.3 Å². The highest BCUT2D eigenvalue weighted by molar-refractivity contribution is 9.10. The molecule has 0 spiro atoms. The van der Waals surface area contributed by atoms with Gasteiger partial charge < -0.3 is 19.4 Å². The molecule has 0 atom stereocenters. The summed E-state index contributed by atoms with van der Waals surface area (Å²) in [5, 5.41) is 4.05. The highest BCUT2D eigenvalue weighted by atomic mass is 79.9. The monoisotopic (exact) mass is 386 g/mol. The van der Waals surface area contributed by atoms with Crippen molar-refractivity contribution in [3.05, 3.63) is 58.7 Å². The Morgan fingerprint density at radius 2 is 2.00 bits per heavy atom. The number of aromatic nitrogens is 1. The maximum Gasteiger partial charge on any atom is 0.240 e. The molecule has 0 unspecified atom stereocenters. The number of amides is 1. The first-order valence-electron chi connectivity index (χ1n) is 7.59. The van der Waals surface area contributed by atoms with Crippen molar-refractivity contribution in [1.82, 2.24) is 9.88 Å². The third kappa shape index (κ3) is 2.97. The van der Waals surface area contributed by atoms with Crippen molar-refractivity contribution in [3.8, 4) is 11.5 Å². The van der Waals surface area contributed by atoms with Gasteiger partial charge in [-0.2, -0.15) is 0 Å². The van der Waals surface area contributed by atoms with Crippen LogP contribution >= 0.6 is 15.9 Å². The van der Waals surface area contributed by atoms with Crippen LogP contribution in [0.4, 0.5) is 0 Å². The van der Waals surface area contributed by atoms with Crippen LogP contribution in [0.25, 0.3) is 10.9 Å². The fraction of sp³-hybridized carbons (Fsp3) is 0.167. The van der Waals surface area contributed by atoms with Crippen molar-refractivity contribution in [2.24, 2.45) is 0 Å². The van der Waals surface area contributed by atoms with Gasteiger partial charge in [-0.05, 0) is 41.3 Å². The van der Waals surface area contributed by atoms with Crippen LogP contribution in [0.2, 0.25) is 0 Å². The molecule has 122 valence electrons. The zero-order valence-corrected chi connectivity index (χ0v) is 14.4. The molecule has 0 aliphatic carbocycles. The first-order chi connectivity index (χ1) is 11.7. The summed E-state index contributed by atoms with van der Waals surface area (Å²) in [5.74, 6) is 1.43. The van der Waals surface area contributed by atoms with Crippen LogP contribution in [0.5, 0.6) is 11.5 Å². The zero-order valence-electron chi connectivity index (χ0n) is 12.8. The highest BCUT2D eigenvalue weighted by Gasteiger charge is 2.13. The second kappa shape index (κ2) is 6.20. The van der Waals surface area contributed by atoms with E-state index in [2.05, 4.69) is 21.2 Å². The van der Waals surface area contributed by atoms with Gasteiger partial charge in [-0.15, -0.1) is 0 Å². The number of hydrogen-bond acceptors (Lipinski definition) is 3. The molecule has 0 fully saturated rings. The van der Waals surface area contributed by atoms with Crippen LogP contribution in [-0.4, -0.2) is 17.3 Å². The number of nitrogens with one attached hydrogen (secondary N) is 1. The Balaban J connectivity index is 1.42. The summed E-state index contributed by atoms with van der Waals surface area (Å²) in [5.41, 5.74) is 2.01. The van der Waals surface area contributed by atoms with Crippen LogP contribution in [0.3, 0.4) is 0 Å². The Morgan fingerprint density at radius 1 is 1.12 bits per heavy atom. The molecule has 2 heterocycles. The molecule has 0 saturated heterocycles. The SMILES string of the molecule is O=C(Cn1ccc2ccc(Br)cc21)NCc1ccc2c(c1)OCO2. The van der Waals surface area contributed by atoms with Gasteiger partial charge in [0.25, 0.3) is 0 Å². The number of hydrogen-bond donors (Lipinski definition) is 1. The second-order valence-corrected chi connectivity index (χ2v) is 6.53. The lowest BCUT2D eigenvalue weighted by atomic mass is 10.2. The number of nitrogens with zero attached hydrogens (tertiary/aromatic N) is 1. The topological polar surface area (TPSA) is 52.5 Å². The Labute approximate surface area is 147 Å². The molecule has 3 aromatic rings. The third-order valence-electron chi connectivity index (χ3n) is 3.98. The largest absolute Gasteiger partial charge is 0.454 e. The maximum absolute atomic E-state index is 12.2. The van der Waals surface area contributed by atoms with E-state index in [-0.39, 0.29) is 19.2 Å². The van der Waals surface area contributed by atoms with Crippen molar-refractivity contribution in [1.29, 1.82) is 0 Å². The van der Waals surface area contributed by atoms with Gasteiger partial charge in [-0.3, -0.25) is 4.79 Å². The van der Waals surface area contributed by atoms with E-state index in [1.165, 1.54) is 0 Å². The standard InChI is InChI=1S/C18H15BrN2O3/c19-14-3-2-13-5-6-21(15(13)8-14)10-18(22)20-9-12-1-4-16-17(7-12)24-11-23-16/h1-8H,9-11H2,(H,20,22). The fourth-order valence-electron chi connectivity index (χ4n) is 2.76.